The van der Waals surface area contributed by atoms with Crippen LogP contribution in [0.3, 0.4) is 0 Å². The van der Waals surface area contributed by atoms with Crippen molar-refractivity contribution in [2.75, 3.05) is 7.11 Å². The monoisotopic (exact) mass is 362 g/mol. The van der Waals surface area contributed by atoms with Gasteiger partial charge in [-0.05, 0) is 30.4 Å². The van der Waals surface area contributed by atoms with E-state index in [4.69, 9.17) is 14.6 Å². The van der Waals surface area contributed by atoms with E-state index in [0.717, 1.165) is 42.4 Å². The lowest BCUT2D eigenvalue weighted by molar-refractivity contribution is -0.146. The summed E-state index contributed by atoms with van der Waals surface area (Å²) in [4.78, 5) is 0. The molecular formula is C23H26N2O2. The molecule has 27 heavy (non-hydrogen) atoms. The van der Waals surface area contributed by atoms with Gasteiger partial charge in [-0.15, -0.1) is 0 Å². The Balaban J connectivity index is 1.61. The summed E-state index contributed by atoms with van der Waals surface area (Å²) in [6, 6.07) is 17.0. The molecule has 2 aliphatic heterocycles. The van der Waals surface area contributed by atoms with Gasteiger partial charge in [0, 0.05) is 24.8 Å². The van der Waals surface area contributed by atoms with Crippen molar-refractivity contribution in [2.24, 2.45) is 11.0 Å². The molecule has 2 aromatic rings. The van der Waals surface area contributed by atoms with Crippen molar-refractivity contribution in [1.29, 1.82) is 0 Å². The maximum Gasteiger partial charge on any atom is 0.198 e. The summed E-state index contributed by atoms with van der Waals surface area (Å²) in [5.41, 5.74) is 3.19. The van der Waals surface area contributed by atoms with E-state index in [-0.39, 0.29) is 11.8 Å². The third-order valence-corrected chi connectivity index (χ3v) is 6.37. The molecule has 0 radical (unpaired) electrons. The average molecular weight is 362 g/mol. The topological polar surface area (TPSA) is 34.1 Å². The van der Waals surface area contributed by atoms with Crippen LogP contribution in [0.15, 0.2) is 53.6 Å². The number of benzene rings is 2. The molecule has 1 saturated carbocycles. The molecule has 2 aromatic carbocycles. The number of ether oxygens (including phenoxy) is 2. The minimum absolute atomic E-state index is 0.215. The highest BCUT2D eigenvalue weighted by molar-refractivity contribution is 6.02. The number of hydrazone groups is 1. The molecule has 4 nitrogen and oxygen atoms in total. The van der Waals surface area contributed by atoms with Gasteiger partial charge in [0.2, 0.25) is 0 Å². The fourth-order valence-electron chi connectivity index (χ4n) is 4.78. The molecule has 0 amide bonds. The fourth-order valence-corrected chi connectivity index (χ4v) is 4.78. The highest BCUT2D eigenvalue weighted by Gasteiger charge is 2.52. The van der Waals surface area contributed by atoms with E-state index in [0.29, 0.717) is 0 Å². The predicted molar refractivity (Wildman–Crippen MR) is 106 cm³/mol. The van der Waals surface area contributed by atoms with Crippen LogP contribution in [-0.4, -0.2) is 23.6 Å². The molecule has 2 heterocycles. The number of para-hydroxylation sites is 1. The molecule has 0 N–H and O–H groups in total. The summed E-state index contributed by atoms with van der Waals surface area (Å²) in [6.45, 7) is 2.34. The highest BCUT2D eigenvalue weighted by atomic mass is 16.5. The van der Waals surface area contributed by atoms with Gasteiger partial charge >= 0.3 is 0 Å². The van der Waals surface area contributed by atoms with E-state index in [1.54, 1.807) is 7.11 Å². The van der Waals surface area contributed by atoms with E-state index >= 15 is 0 Å². The maximum atomic E-state index is 6.72. The third-order valence-electron chi connectivity index (χ3n) is 6.37. The molecule has 0 saturated heterocycles. The third kappa shape index (κ3) is 2.61. The molecule has 5 rings (SSSR count). The van der Waals surface area contributed by atoms with Crippen LogP contribution >= 0.6 is 0 Å². The zero-order chi connectivity index (χ0) is 18.4. The van der Waals surface area contributed by atoms with Crippen molar-refractivity contribution < 1.29 is 9.47 Å². The van der Waals surface area contributed by atoms with Gasteiger partial charge in [0.05, 0.1) is 18.9 Å². The first-order valence-electron chi connectivity index (χ1n) is 9.98. The van der Waals surface area contributed by atoms with Gasteiger partial charge in [0.25, 0.3) is 0 Å². The summed E-state index contributed by atoms with van der Waals surface area (Å²) in [5, 5.41) is 7.40. The van der Waals surface area contributed by atoms with Crippen LogP contribution in [0, 0.1) is 5.92 Å². The quantitative estimate of drug-likeness (QED) is 0.741. The molecule has 1 spiro atoms. The number of nitrogens with zero attached hydrogens (tertiary/aromatic N) is 2. The van der Waals surface area contributed by atoms with Gasteiger partial charge < -0.3 is 9.47 Å². The van der Waals surface area contributed by atoms with Gasteiger partial charge in [-0.1, -0.05) is 49.4 Å². The van der Waals surface area contributed by atoms with Gasteiger partial charge in [-0.2, -0.15) is 5.10 Å². The zero-order valence-corrected chi connectivity index (χ0v) is 16.0. The second-order valence-corrected chi connectivity index (χ2v) is 8.09. The van der Waals surface area contributed by atoms with E-state index < -0.39 is 0 Å². The molecule has 1 aliphatic carbocycles. The van der Waals surface area contributed by atoms with Crippen molar-refractivity contribution in [3.05, 3.63) is 59.7 Å². The minimum atomic E-state index is -0.352. The Hall–Kier alpha value is -2.49. The first-order valence-corrected chi connectivity index (χ1v) is 9.98. The molecule has 0 aromatic heterocycles. The summed E-state index contributed by atoms with van der Waals surface area (Å²) in [5.74, 6) is 2.50. The Bertz CT molecular complexity index is 869. The van der Waals surface area contributed by atoms with Crippen LogP contribution in [0.25, 0.3) is 0 Å². The van der Waals surface area contributed by atoms with Gasteiger partial charge in [0.1, 0.15) is 0 Å². The first kappa shape index (κ1) is 16.7. The van der Waals surface area contributed by atoms with Gasteiger partial charge in [-0.3, -0.25) is 0 Å². The van der Waals surface area contributed by atoms with E-state index in [1.165, 1.54) is 24.0 Å². The lowest BCUT2D eigenvalue weighted by Crippen LogP contribution is -2.55. The molecular weight excluding hydrogens is 336 g/mol. The summed E-state index contributed by atoms with van der Waals surface area (Å²) < 4.78 is 12.4. The number of hydrogen-bond donors (Lipinski definition) is 0. The van der Waals surface area contributed by atoms with Crippen LogP contribution in [0.4, 0.5) is 0 Å². The lowest BCUT2D eigenvalue weighted by atomic mass is 9.82. The summed E-state index contributed by atoms with van der Waals surface area (Å²) in [6.07, 6.45) is 5.26. The van der Waals surface area contributed by atoms with Crippen LogP contribution in [-0.2, 0) is 0 Å². The number of methoxy groups -OCH3 is 1. The largest absolute Gasteiger partial charge is 0.493 e. The van der Waals surface area contributed by atoms with E-state index in [1.807, 2.05) is 6.07 Å². The van der Waals surface area contributed by atoms with Crippen molar-refractivity contribution in [3.63, 3.8) is 0 Å². The normalized spacial score (nSPS) is 29.0. The van der Waals surface area contributed by atoms with Gasteiger partial charge in [0.15, 0.2) is 17.2 Å². The Morgan fingerprint density at radius 2 is 1.85 bits per heavy atom. The molecule has 0 bridgehead atoms. The summed E-state index contributed by atoms with van der Waals surface area (Å²) >= 11 is 0. The van der Waals surface area contributed by atoms with Crippen molar-refractivity contribution in [3.8, 4) is 11.5 Å². The molecule has 4 heteroatoms. The second kappa shape index (κ2) is 6.29. The van der Waals surface area contributed by atoms with Crippen molar-refractivity contribution in [1.82, 2.24) is 5.01 Å². The summed E-state index contributed by atoms with van der Waals surface area (Å²) in [7, 11) is 1.72. The average Bonchev–Trinajstić information content (AvgIpc) is 3.17. The number of rotatable bonds is 2. The number of hydrogen-bond acceptors (Lipinski definition) is 4. The standard InChI is InChI=1S/C23H26N2O2/c1-16-11-13-23(14-12-16)25-20(15-19(24-25)17-7-4-3-5-8-17)18-9-6-10-21(26-2)22(18)27-23/h3-10,16,20H,11-15H2,1-2H3/t16?,20-,23?/m1/s1. The van der Waals surface area contributed by atoms with E-state index in [2.05, 4.69) is 54.4 Å². The Morgan fingerprint density at radius 3 is 2.59 bits per heavy atom. The SMILES string of the molecule is COc1cccc2c1OC1(CCC(C)CC1)N1N=C(c3ccccc3)C[C@H]21. The lowest BCUT2D eigenvalue weighted by Gasteiger charge is -2.50. The minimum Gasteiger partial charge on any atom is -0.493 e. The van der Waals surface area contributed by atoms with Crippen molar-refractivity contribution in [2.45, 2.75) is 50.8 Å². The molecule has 3 aliphatic rings. The highest BCUT2D eigenvalue weighted by Crippen LogP contribution is 2.54. The van der Waals surface area contributed by atoms with E-state index in [9.17, 15) is 0 Å². The van der Waals surface area contributed by atoms with Crippen molar-refractivity contribution >= 4 is 5.71 Å². The zero-order valence-electron chi connectivity index (χ0n) is 16.0. The van der Waals surface area contributed by atoms with Crippen LogP contribution in [0.5, 0.6) is 11.5 Å². The first-order chi connectivity index (χ1) is 13.2. The Morgan fingerprint density at radius 1 is 1.07 bits per heavy atom. The second-order valence-electron chi connectivity index (χ2n) is 8.09. The Kier molecular flexibility index (Phi) is 3.88. The fraction of sp³-hybridized carbons (Fsp3) is 0.435. The number of fused-ring (bicyclic) bond motifs is 4. The molecule has 140 valence electrons. The molecule has 0 unspecified atom stereocenters. The smallest absolute Gasteiger partial charge is 0.198 e. The van der Waals surface area contributed by atoms with Crippen LogP contribution in [0.1, 0.15) is 56.2 Å². The molecule has 1 fully saturated rings. The predicted octanol–water partition coefficient (Wildman–Crippen LogP) is 5.15. The maximum absolute atomic E-state index is 6.72. The van der Waals surface area contributed by atoms with Gasteiger partial charge in [-0.25, -0.2) is 5.01 Å². The van der Waals surface area contributed by atoms with Crippen LogP contribution in [0.2, 0.25) is 0 Å². The molecule has 1 atom stereocenters. The Labute approximate surface area is 160 Å². The van der Waals surface area contributed by atoms with Crippen LogP contribution < -0.4 is 9.47 Å².